The molecule has 1 aromatic rings. The molecule has 0 N–H and O–H groups in total. The van der Waals surface area contributed by atoms with Crippen LogP contribution in [0.1, 0.15) is 38.4 Å². The second-order valence-electron chi connectivity index (χ2n) is 4.90. The molecule has 3 nitrogen and oxygen atoms in total. The van der Waals surface area contributed by atoms with Crippen LogP contribution in [0.3, 0.4) is 0 Å². The summed E-state index contributed by atoms with van der Waals surface area (Å²) in [5, 5.41) is 0. The standard InChI is InChI=1S/C14H22NO2P/c1-4-15-11-10-12(2)17-18(15,16)13(3)14-8-6-5-7-9-14/h5-9,12-13H,4,10-11H2,1-3H3/t12-,13-,18?/m1/s1. The van der Waals surface area contributed by atoms with Crippen molar-refractivity contribution in [3.8, 4) is 0 Å². The van der Waals surface area contributed by atoms with Crippen LogP contribution in [-0.4, -0.2) is 23.9 Å². The summed E-state index contributed by atoms with van der Waals surface area (Å²) in [6.07, 6.45) is 1.05. The van der Waals surface area contributed by atoms with E-state index in [2.05, 4.69) is 0 Å². The summed E-state index contributed by atoms with van der Waals surface area (Å²) in [6, 6.07) is 10.0. The Bertz CT molecular complexity index is 387. The maximum Gasteiger partial charge on any atom is 0.181 e. The SMILES string of the molecule is CCN1CC[C@@H](C)O[P+]1([O-])[C@H](C)c1ccccc1. The van der Waals surface area contributed by atoms with E-state index in [0.717, 1.165) is 25.1 Å². The molecule has 0 radical (unpaired) electrons. The molecule has 0 spiro atoms. The third kappa shape index (κ3) is 2.60. The Balaban J connectivity index is 2.27. The van der Waals surface area contributed by atoms with Crippen molar-refractivity contribution in [2.24, 2.45) is 0 Å². The highest BCUT2D eigenvalue weighted by Gasteiger charge is 2.46. The Kier molecular flexibility index (Phi) is 4.39. The topological polar surface area (TPSA) is 35.5 Å². The van der Waals surface area contributed by atoms with E-state index >= 15 is 0 Å². The van der Waals surface area contributed by atoms with E-state index in [4.69, 9.17) is 4.52 Å². The van der Waals surface area contributed by atoms with Crippen molar-refractivity contribution < 1.29 is 9.42 Å². The predicted octanol–water partition coefficient (Wildman–Crippen LogP) is 3.00. The third-order valence-electron chi connectivity index (χ3n) is 3.66. The molecule has 0 saturated carbocycles. The molecule has 1 heterocycles. The average Bonchev–Trinajstić information content (AvgIpc) is 2.39. The predicted molar refractivity (Wildman–Crippen MR) is 74.2 cm³/mol. The van der Waals surface area contributed by atoms with Gasteiger partial charge in [0.2, 0.25) is 0 Å². The summed E-state index contributed by atoms with van der Waals surface area (Å²) in [5.74, 6) is 0. The van der Waals surface area contributed by atoms with Crippen LogP contribution in [0.25, 0.3) is 0 Å². The van der Waals surface area contributed by atoms with Gasteiger partial charge in [-0.25, -0.2) is 4.52 Å². The number of benzene rings is 1. The Labute approximate surface area is 110 Å². The fraction of sp³-hybridized carbons (Fsp3) is 0.571. The molecule has 18 heavy (non-hydrogen) atoms. The fourth-order valence-electron chi connectivity index (χ4n) is 2.46. The fourth-order valence-corrected chi connectivity index (χ4v) is 5.22. The van der Waals surface area contributed by atoms with E-state index in [0.29, 0.717) is 0 Å². The summed E-state index contributed by atoms with van der Waals surface area (Å²) < 4.78 is 7.89. The molecular formula is C14H22NO2P. The summed E-state index contributed by atoms with van der Waals surface area (Å²) in [7, 11) is -2.76. The summed E-state index contributed by atoms with van der Waals surface area (Å²) in [6.45, 7) is 7.71. The van der Waals surface area contributed by atoms with Gasteiger partial charge in [-0.3, -0.25) is 0 Å². The highest BCUT2D eigenvalue weighted by molar-refractivity contribution is 7.62. The van der Waals surface area contributed by atoms with E-state index < -0.39 is 7.87 Å². The molecule has 1 aliphatic heterocycles. The third-order valence-corrected chi connectivity index (χ3v) is 6.87. The maximum atomic E-state index is 13.2. The molecule has 100 valence electrons. The van der Waals surface area contributed by atoms with Crippen molar-refractivity contribution in [2.45, 2.75) is 39.0 Å². The van der Waals surface area contributed by atoms with Gasteiger partial charge < -0.3 is 4.89 Å². The monoisotopic (exact) mass is 267 g/mol. The van der Waals surface area contributed by atoms with Crippen LogP contribution in [0.2, 0.25) is 0 Å². The Morgan fingerprint density at radius 1 is 1.44 bits per heavy atom. The Morgan fingerprint density at radius 3 is 2.72 bits per heavy atom. The maximum absolute atomic E-state index is 13.2. The van der Waals surface area contributed by atoms with Gasteiger partial charge in [0.15, 0.2) is 7.87 Å². The normalized spacial score (nSPS) is 31.2. The number of hydrogen-bond acceptors (Lipinski definition) is 3. The molecule has 2 rings (SSSR count). The highest BCUT2D eigenvalue weighted by Crippen LogP contribution is 2.68. The van der Waals surface area contributed by atoms with Gasteiger partial charge in [0.1, 0.15) is 11.8 Å². The second-order valence-corrected chi connectivity index (χ2v) is 7.58. The molecule has 1 unspecified atom stereocenters. The van der Waals surface area contributed by atoms with E-state index in [9.17, 15) is 4.89 Å². The van der Waals surface area contributed by atoms with Crippen molar-refractivity contribution in [1.29, 1.82) is 0 Å². The van der Waals surface area contributed by atoms with Crippen molar-refractivity contribution in [3.63, 3.8) is 0 Å². The van der Waals surface area contributed by atoms with Gasteiger partial charge in [0.05, 0.1) is 0 Å². The van der Waals surface area contributed by atoms with Crippen molar-refractivity contribution >= 4 is 7.87 Å². The van der Waals surface area contributed by atoms with Crippen molar-refractivity contribution in [3.05, 3.63) is 35.9 Å². The van der Waals surface area contributed by atoms with E-state index in [1.54, 1.807) is 0 Å². The lowest BCUT2D eigenvalue weighted by atomic mass is 10.2. The van der Waals surface area contributed by atoms with E-state index in [1.165, 1.54) is 0 Å². The molecule has 0 amide bonds. The zero-order valence-electron chi connectivity index (χ0n) is 11.4. The first kappa shape index (κ1) is 14.0. The average molecular weight is 267 g/mol. The second kappa shape index (κ2) is 5.66. The molecule has 0 bridgehead atoms. The van der Waals surface area contributed by atoms with Crippen LogP contribution < -0.4 is 4.89 Å². The number of hydrogen-bond donors (Lipinski definition) is 0. The van der Waals surface area contributed by atoms with Crippen LogP contribution >= 0.6 is 7.87 Å². The molecule has 1 saturated heterocycles. The smallest absolute Gasteiger partial charge is 0.181 e. The zero-order valence-corrected chi connectivity index (χ0v) is 12.3. The van der Waals surface area contributed by atoms with Crippen LogP contribution in [0.15, 0.2) is 30.3 Å². The van der Waals surface area contributed by atoms with Crippen LogP contribution in [0, 0.1) is 0 Å². The highest BCUT2D eigenvalue weighted by atomic mass is 31.2. The van der Waals surface area contributed by atoms with Gasteiger partial charge >= 0.3 is 0 Å². The summed E-state index contributed by atoms with van der Waals surface area (Å²) in [4.78, 5) is 13.2. The first-order valence-corrected chi connectivity index (χ1v) is 8.31. The first-order valence-electron chi connectivity index (χ1n) is 6.66. The van der Waals surface area contributed by atoms with Gasteiger partial charge in [-0.2, -0.15) is 4.67 Å². The quantitative estimate of drug-likeness (QED) is 0.790. The van der Waals surface area contributed by atoms with Crippen LogP contribution in [0.5, 0.6) is 0 Å². The van der Waals surface area contributed by atoms with Crippen molar-refractivity contribution in [2.75, 3.05) is 13.1 Å². The lowest BCUT2D eigenvalue weighted by Crippen LogP contribution is -2.42. The lowest BCUT2D eigenvalue weighted by Gasteiger charge is -2.46. The number of nitrogens with zero attached hydrogens (tertiary/aromatic N) is 1. The van der Waals surface area contributed by atoms with Gasteiger partial charge in [-0.15, -0.1) is 0 Å². The Morgan fingerprint density at radius 2 is 2.11 bits per heavy atom. The van der Waals surface area contributed by atoms with Crippen molar-refractivity contribution in [1.82, 2.24) is 4.67 Å². The lowest BCUT2D eigenvalue weighted by molar-refractivity contribution is -0.218. The first-order chi connectivity index (χ1) is 8.58. The zero-order chi connectivity index (χ0) is 13.2. The van der Waals surface area contributed by atoms with Crippen LogP contribution in [0.4, 0.5) is 0 Å². The molecule has 4 heteroatoms. The Hall–Kier alpha value is -0.470. The molecule has 0 aromatic heterocycles. The molecule has 0 aliphatic carbocycles. The minimum Gasteiger partial charge on any atom is -0.641 e. The van der Waals surface area contributed by atoms with E-state index in [-0.39, 0.29) is 11.8 Å². The molecule has 1 fully saturated rings. The van der Waals surface area contributed by atoms with Gasteiger partial charge in [-0.05, 0) is 32.8 Å². The molecular weight excluding hydrogens is 245 g/mol. The molecule has 1 aliphatic rings. The number of rotatable bonds is 3. The largest absolute Gasteiger partial charge is 0.641 e. The van der Waals surface area contributed by atoms with E-state index in [1.807, 2.05) is 55.8 Å². The summed E-state index contributed by atoms with van der Waals surface area (Å²) >= 11 is 0. The van der Waals surface area contributed by atoms with Crippen LogP contribution in [-0.2, 0) is 4.52 Å². The van der Waals surface area contributed by atoms with Gasteiger partial charge in [0.25, 0.3) is 0 Å². The molecule has 1 aromatic carbocycles. The minimum atomic E-state index is -2.76. The van der Waals surface area contributed by atoms with Gasteiger partial charge in [0, 0.05) is 13.1 Å². The van der Waals surface area contributed by atoms with Gasteiger partial charge in [-0.1, -0.05) is 30.3 Å². The minimum absolute atomic E-state index is 0.0681. The summed E-state index contributed by atoms with van der Waals surface area (Å²) in [5.41, 5.74) is 1.02. The molecule has 3 atom stereocenters.